The zero-order valence-corrected chi connectivity index (χ0v) is 13.8. The predicted molar refractivity (Wildman–Crippen MR) is 84.5 cm³/mol. The first kappa shape index (κ1) is 16.4. The lowest BCUT2D eigenvalue weighted by Gasteiger charge is -2.21. The Morgan fingerprint density at radius 3 is 2.90 bits per heavy atom. The van der Waals surface area contributed by atoms with E-state index < -0.39 is 0 Å². The molecule has 5 nitrogen and oxygen atoms in total. The molecule has 21 heavy (non-hydrogen) atoms. The SMILES string of the molecule is CCOCC(=O)N1CCCN(Cc2csc(CC)n2)CC1. The zero-order valence-electron chi connectivity index (χ0n) is 13.0. The van der Waals surface area contributed by atoms with Crippen LogP contribution >= 0.6 is 11.3 Å². The highest BCUT2D eigenvalue weighted by atomic mass is 32.1. The standard InChI is InChI=1S/C15H25N3O2S/c1-3-14-16-13(12-21-14)10-17-6-5-7-18(9-8-17)15(19)11-20-4-2/h12H,3-11H2,1-2H3. The minimum Gasteiger partial charge on any atom is -0.372 e. The first-order chi connectivity index (χ1) is 10.2. The van der Waals surface area contributed by atoms with Gasteiger partial charge < -0.3 is 9.64 Å². The molecular weight excluding hydrogens is 286 g/mol. The first-order valence-corrected chi connectivity index (χ1v) is 8.62. The lowest BCUT2D eigenvalue weighted by molar-refractivity contribution is -0.135. The third-order valence-corrected chi connectivity index (χ3v) is 4.70. The van der Waals surface area contributed by atoms with Crippen LogP contribution in [0.4, 0.5) is 0 Å². The maximum absolute atomic E-state index is 12.0. The molecular formula is C15H25N3O2S. The number of hydrogen-bond donors (Lipinski definition) is 0. The Morgan fingerprint density at radius 2 is 2.19 bits per heavy atom. The van der Waals surface area contributed by atoms with Crippen molar-refractivity contribution in [3.05, 3.63) is 16.1 Å². The number of amides is 1. The van der Waals surface area contributed by atoms with Gasteiger partial charge in [0.1, 0.15) is 6.61 Å². The number of thiazole rings is 1. The fourth-order valence-corrected chi connectivity index (χ4v) is 3.21. The summed E-state index contributed by atoms with van der Waals surface area (Å²) in [5.41, 5.74) is 1.16. The Kier molecular flexibility index (Phi) is 6.60. The van der Waals surface area contributed by atoms with Gasteiger partial charge >= 0.3 is 0 Å². The number of aromatic nitrogens is 1. The van der Waals surface area contributed by atoms with Crippen LogP contribution in [0.5, 0.6) is 0 Å². The Balaban J connectivity index is 1.81. The van der Waals surface area contributed by atoms with E-state index in [4.69, 9.17) is 4.74 Å². The van der Waals surface area contributed by atoms with Gasteiger partial charge in [0.2, 0.25) is 5.91 Å². The van der Waals surface area contributed by atoms with E-state index in [1.807, 2.05) is 11.8 Å². The summed E-state index contributed by atoms with van der Waals surface area (Å²) in [7, 11) is 0. The van der Waals surface area contributed by atoms with Gasteiger partial charge in [-0.15, -0.1) is 11.3 Å². The highest BCUT2D eigenvalue weighted by molar-refractivity contribution is 7.09. The van der Waals surface area contributed by atoms with Crippen LogP contribution < -0.4 is 0 Å². The van der Waals surface area contributed by atoms with E-state index in [-0.39, 0.29) is 12.5 Å². The van der Waals surface area contributed by atoms with Crippen LogP contribution in [0.2, 0.25) is 0 Å². The molecule has 1 fully saturated rings. The van der Waals surface area contributed by atoms with Crippen LogP contribution in [0.1, 0.15) is 31.0 Å². The summed E-state index contributed by atoms with van der Waals surface area (Å²) < 4.78 is 5.21. The molecule has 6 heteroatoms. The number of nitrogens with zero attached hydrogens (tertiary/aromatic N) is 3. The Labute approximate surface area is 130 Å². The molecule has 0 saturated carbocycles. The van der Waals surface area contributed by atoms with E-state index in [2.05, 4.69) is 22.2 Å². The summed E-state index contributed by atoms with van der Waals surface area (Å²) in [6.07, 6.45) is 2.02. The molecule has 0 aromatic carbocycles. The maximum Gasteiger partial charge on any atom is 0.248 e. The van der Waals surface area contributed by atoms with Crippen LogP contribution in [-0.2, 0) is 22.5 Å². The molecule has 0 atom stereocenters. The van der Waals surface area contributed by atoms with Crippen molar-refractivity contribution in [1.82, 2.24) is 14.8 Å². The minimum absolute atomic E-state index is 0.112. The molecule has 2 rings (SSSR count). The average molecular weight is 311 g/mol. The van der Waals surface area contributed by atoms with E-state index >= 15 is 0 Å². The summed E-state index contributed by atoms with van der Waals surface area (Å²) in [4.78, 5) is 20.9. The smallest absolute Gasteiger partial charge is 0.248 e. The number of hydrogen-bond acceptors (Lipinski definition) is 5. The van der Waals surface area contributed by atoms with Gasteiger partial charge in [-0.25, -0.2) is 4.98 Å². The molecule has 2 heterocycles. The maximum atomic E-state index is 12.0. The summed E-state index contributed by atoms with van der Waals surface area (Å²) in [5, 5.41) is 3.36. The van der Waals surface area contributed by atoms with Crippen molar-refractivity contribution in [1.29, 1.82) is 0 Å². The lowest BCUT2D eigenvalue weighted by atomic mass is 10.3. The van der Waals surface area contributed by atoms with Crippen molar-refractivity contribution in [2.45, 2.75) is 33.2 Å². The van der Waals surface area contributed by atoms with Gasteiger partial charge in [0, 0.05) is 44.7 Å². The fraction of sp³-hybridized carbons (Fsp3) is 0.733. The third kappa shape index (κ3) is 5.05. The minimum atomic E-state index is 0.112. The van der Waals surface area contributed by atoms with E-state index in [9.17, 15) is 4.79 Å². The van der Waals surface area contributed by atoms with Crippen LogP contribution in [-0.4, -0.2) is 60.1 Å². The molecule has 1 aromatic heterocycles. The van der Waals surface area contributed by atoms with Gasteiger partial charge in [0.25, 0.3) is 0 Å². The van der Waals surface area contributed by atoms with E-state index in [1.165, 1.54) is 5.01 Å². The highest BCUT2D eigenvalue weighted by Gasteiger charge is 2.19. The van der Waals surface area contributed by atoms with Crippen molar-refractivity contribution < 1.29 is 9.53 Å². The number of ether oxygens (including phenoxy) is 1. The largest absolute Gasteiger partial charge is 0.372 e. The number of carbonyl (C=O) groups is 1. The first-order valence-electron chi connectivity index (χ1n) is 7.74. The molecule has 0 bridgehead atoms. The molecule has 1 aliphatic heterocycles. The van der Waals surface area contributed by atoms with Gasteiger partial charge in [-0.05, 0) is 19.8 Å². The Bertz CT molecular complexity index is 450. The monoisotopic (exact) mass is 311 g/mol. The van der Waals surface area contributed by atoms with Gasteiger partial charge in [0.15, 0.2) is 0 Å². The topological polar surface area (TPSA) is 45.7 Å². The molecule has 0 unspecified atom stereocenters. The molecule has 118 valence electrons. The quantitative estimate of drug-likeness (QED) is 0.803. The number of aryl methyl sites for hydroxylation is 1. The van der Waals surface area contributed by atoms with Crippen LogP contribution in [0, 0.1) is 0 Å². The highest BCUT2D eigenvalue weighted by Crippen LogP contribution is 2.13. The van der Waals surface area contributed by atoms with Gasteiger partial charge in [-0.2, -0.15) is 0 Å². The van der Waals surface area contributed by atoms with E-state index in [0.29, 0.717) is 6.61 Å². The van der Waals surface area contributed by atoms with Gasteiger partial charge in [-0.3, -0.25) is 9.69 Å². The van der Waals surface area contributed by atoms with Crippen LogP contribution in [0.3, 0.4) is 0 Å². The molecule has 1 saturated heterocycles. The average Bonchev–Trinajstić information content (AvgIpc) is 2.82. The van der Waals surface area contributed by atoms with Crippen molar-refractivity contribution in [2.24, 2.45) is 0 Å². The van der Waals surface area contributed by atoms with Crippen LogP contribution in [0.25, 0.3) is 0 Å². The van der Waals surface area contributed by atoms with Crippen LogP contribution in [0.15, 0.2) is 5.38 Å². The molecule has 0 spiro atoms. The summed E-state index contributed by atoms with van der Waals surface area (Å²) in [6, 6.07) is 0. The fourth-order valence-electron chi connectivity index (χ4n) is 2.47. The van der Waals surface area contributed by atoms with E-state index in [0.717, 1.165) is 51.3 Å². The van der Waals surface area contributed by atoms with Crippen molar-refractivity contribution >= 4 is 17.2 Å². The molecule has 0 aliphatic carbocycles. The zero-order chi connectivity index (χ0) is 15.1. The summed E-state index contributed by atoms with van der Waals surface area (Å²) in [5.74, 6) is 0.112. The Morgan fingerprint density at radius 1 is 1.33 bits per heavy atom. The molecule has 0 radical (unpaired) electrons. The van der Waals surface area contributed by atoms with Gasteiger partial charge in [-0.1, -0.05) is 6.92 Å². The second kappa shape index (κ2) is 8.46. The third-order valence-electron chi connectivity index (χ3n) is 3.66. The van der Waals surface area contributed by atoms with E-state index in [1.54, 1.807) is 11.3 Å². The summed E-state index contributed by atoms with van der Waals surface area (Å²) >= 11 is 1.74. The van der Waals surface area contributed by atoms with Crippen molar-refractivity contribution in [3.63, 3.8) is 0 Å². The molecule has 1 amide bonds. The van der Waals surface area contributed by atoms with Crippen molar-refractivity contribution in [3.8, 4) is 0 Å². The second-order valence-electron chi connectivity index (χ2n) is 5.23. The molecule has 0 N–H and O–H groups in total. The second-order valence-corrected chi connectivity index (χ2v) is 6.18. The molecule has 1 aromatic rings. The van der Waals surface area contributed by atoms with Gasteiger partial charge in [0.05, 0.1) is 10.7 Å². The summed E-state index contributed by atoms with van der Waals surface area (Å²) in [6.45, 7) is 9.30. The Hall–Kier alpha value is -0.980. The van der Waals surface area contributed by atoms with Crippen molar-refractivity contribution in [2.75, 3.05) is 39.4 Å². The predicted octanol–water partition coefficient (Wildman–Crippen LogP) is 1.78. The normalized spacial score (nSPS) is 17.0. The number of rotatable bonds is 6. The molecule has 1 aliphatic rings. The number of carbonyl (C=O) groups excluding carboxylic acids is 1. The lowest BCUT2D eigenvalue weighted by Crippen LogP contribution is -2.37.